The lowest BCUT2D eigenvalue weighted by atomic mass is 10.2. The first-order valence-electron chi connectivity index (χ1n) is 6.42. The molecule has 1 atom stereocenters. The summed E-state index contributed by atoms with van der Waals surface area (Å²) in [4.78, 5) is 27.0. The molecule has 2 aromatic rings. The van der Waals surface area contributed by atoms with E-state index in [0.717, 1.165) is 0 Å². The number of carboxylic acids is 1. The molecule has 0 bridgehead atoms. The van der Waals surface area contributed by atoms with Gasteiger partial charge >= 0.3 is 5.97 Å². The van der Waals surface area contributed by atoms with Crippen molar-refractivity contribution >= 4 is 17.0 Å². The van der Waals surface area contributed by atoms with Gasteiger partial charge in [-0.05, 0) is 19.1 Å². The highest BCUT2D eigenvalue weighted by molar-refractivity contribution is 5.74. The highest BCUT2D eigenvalue weighted by Gasteiger charge is 2.17. The summed E-state index contributed by atoms with van der Waals surface area (Å²) in [5, 5.41) is 9.04. The van der Waals surface area contributed by atoms with Crippen molar-refractivity contribution in [1.29, 1.82) is 0 Å². The SMILES string of the molecule is CCOC(CCn1c(=O)cnc2ccccc21)C(=O)O. The molecule has 0 saturated heterocycles. The molecule has 0 radical (unpaired) electrons. The quantitative estimate of drug-likeness (QED) is 0.859. The van der Waals surface area contributed by atoms with Gasteiger partial charge in [0.05, 0.1) is 17.2 Å². The van der Waals surface area contributed by atoms with Crippen molar-refractivity contribution in [1.82, 2.24) is 9.55 Å². The van der Waals surface area contributed by atoms with E-state index in [4.69, 9.17) is 9.84 Å². The van der Waals surface area contributed by atoms with Crippen LogP contribution in [0.5, 0.6) is 0 Å². The van der Waals surface area contributed by atoms with Crippen LogP contribution in [0.3, 0.4) is 0 Å². The number of ether oxygens (including phenoxy) is 1. The Hall–Kier alpha value is -2.21. The summed E-state index contributed by atoms with van der Waals surface area (Å²) in [7, 11) is 0. The van der Waals surface area contributed by atoms with Crippen molar-refractivity contribution < 1.29 is 14.6 Å². The Labute approximate surface area is 115 Å². The molecule has 0 spiro atoms. The van der Waals surface area contributed by atoms with Gasteiger partial charge in [-0.1, -0.05) is 12.1 Å². The van der Waals surface area contributed by atoms with Crippen LogP contribution in [0.1, 0.15) is 13.3 Å². The number of para-hydroxylation sites is 2. The van der Waals surface area contributed by atoms with Gasteiger partial charge in [0.2, 0.25) is 0 Å². The van der Waals surface area contributed by atoms with Gasteiger partial charge in [-0.25, -0.2) is 9.78 Å². The summed E-state index contributed by atoms with van der Waals surface area (Å²) >= 11 is 0. The number of hydrogen-bond acceptors (Lipinski definition) is 4. The summed E-state index contributed by atoms with van der Waals surface area (Å²) in [6, 6.07) is 7.25. The fraction of sp³-hybridized carbons (Fsp3) is 0.357. The molecule has 6 heteroatoms. The van der Waals surface area contributed by atoms with Crippen LogP contribution in [0.4, 0.5) is 0 Å². The molecule has 106 valence electrons. The first-order valence-corrected chi connectivity index (χ1v) is 6.42. The molecule has 1 aromatic carbocycles. The van der Waals surface area contributed by atoms with Crippen molar-refractivity contribution in [2.24, 2.45) is 0 Å². The lowest BCUT2D eigenvalue weighted by Gasteiger charge is -2.14. The number of rotatable bonds is 6. The first kappa shape index (κ1) is 14.2. The van der Waals surface area contributed by atoms with Crippen LogP contribution in [0.15, 0.2) is 35.3 Å². The molecule has 20 heavy (non-hydrogen) atoms. The number of aromatic nitrogens is 2. The summed E-state index contributed by atoms with van der Waals surface area (Å²) in [5.74, 6) is -1.02. The third kappa shape index (κ3) is 3.03. The van der Waals surface area contributed by atoms with E-state index >= 15 is 0 Å². The number of aliphatic carboxylic acids is 1. The zero-order valence-electron chi connectivity index (χ0n) is 11.2. The number of nitrogens with zero attached hydrogens (tertiary/aromatic N) is 2. The molecule has 6 nitrogen and oxygen atoms in total. The van der Waals surface area contributed by atoms with Crippen molar-refractivity contribution in [3.05, 3.63) is 40.8 Å². The smallest absolute Gasteiger partial charge is 0.332 e. The second-order valence-corrected chi connectivity index (χ2v) is 4.31. The zero-order valence-corrected chi connectivity index (χ0v) is 11.2. The molecule has 0 aliphatic heterocycles. The Morgan fingerprint density at radius 3 is 2.90 bits per heavy atom. The van der Waals surface area contributed by atoms with Gasteiger partial charge in [-0.2, -0.15) is 0 Å². The van der Waals surface area contributed by atoms with Crippen molar-refractivity contribution in [3.63, 3.8) is 0 Å². The summed E-state index contributed by atoms with van der Waals surface area (Å²) < 4.78 is 6.67. The van der Waals surface area contributed by atoms with Crippen LogP contribution in [-0.4, -0.2) is 33.3 Å². The minimum atomic E-state index is -1.02. The van der Waals surface area contributed by atoms with E-state index in [1.54, 1.807) is 13.0 Å². The molecule has 0 aliphatic rings. The van der Waals surface area contributed by atoms with E-state index in [-0.39, 0.29) is 18.5 Å². The van der Waals surface area contributed by atoms with Crippen LogP contribution in [-0.2, 0) is 16.1 Å². The molecule has 1 N–H and O–H groups in total. The Morgan fingerprint density at radius 2 is 2.20 bits per heavy atom. The van der Waals surface area contributed by atoms with Gasteiger partial charge < -0.3 is 14.4 Å². The van der Waals surface area contributed by atoms with Gasteiger partial charge in [-0.3, -0.25) is 4.79 Å². The van der Waals surface area contributed by atoms with Crippen LogP contribution < -0.4 is 5.56 Å². The molecule has 0 fully saturated rings. The first-order chi connectivity index (χ1) is 9.63. The lowest BCUT2D eigenvalue weighted by Crippen LogP contribution is -2.28. The average molecular weight is 276 g/mol. The van der Waals surface area contributed by atoms with Crippen molar-refractivity contribution in [2.75, 3.05) is 6.61 Å². The largest absolute Gasteiger partial charge is 0.479 e. The summed E-state index contributed by atoms with van der Waals surface area (Å²) in [5.41, 5.74) is 1.15. The van der Waals surface area contributed by atoms with Gasteiger partial charge in [0.15, 0.2) is 6.10 Å². The standard InChI is InChI=1S/C14H16N2O4/c1-2-20-12(14(18)19)7-8-16-11-6-4-3-5-10(11)15-9-13(16)17/h3-6,9,12H,2,7-8H2,1H3,(H,18,19). The highest BCUT2D eigenvalue weighted by atomic mass is 16.5. The predicted octanol–water partition coefficient (Wildman–Crippen LogP) is 1.28. The number of benzene rings is 1. The Balaban J connectivity index is 2.27. The number of aryl methyl sites for hydroxylation is 1. The van der Waals surface area contributed by atoms with Crippen LogP contribution in [0.2, 0.25) is 0 Å². The molecule has 1 heterocycles. The Kier molecular flexibility index (Phi) is 4.47. The molecule has 1 aromatic heterocycles. The third-order valence-corrected chi connectivity index (χ3v) is 3.01. The number of carboxylic acid groups (broad SMARTS) is 1. The second-order valence-electron chi connectivity index (χ2n) is 4.31. The molecule has 0 saturated carbocycles. The monoisotopic (exact) mass is 276 g/mol. The fourth-order valence-corrected chi connectivity index (χ4v) is 2.07. The fourth-order valence-electron chi connectivity index (χ4n) is 2.07. The average Bonchev–Trinajstić information content (AvgIpc) is 2.44. The molecule has 0 amide bonds. The van der Waals surface area contributed by atoms with E-state index in [0.29, 0.717) is 17.6 Å². The molecule has 0 aliphatic carbocycles. The summed E-state index contributed by atoms with van der Waals surface area (Å²) in [6.07, 6.45) is 0.578. The Morgan fingerprint density at radius 1 is 1.45 bits per heavy atom. The normalized spacial score (nSPS) is 12.4. The van der Waals surface area contributed by atoms with Crippen LogP contribution >= 0.6 is 0 Å². The predicted molar refractivity (Wildman–Crippen MR) is 73.7 cm³/mol. The van der Waals surface area contributed by atoms with Gasteiger partial charge in [0.1, 0.15) is 0 Å². The van der Waals surface area contributed by atoms with E-state index in [1.165, 1.54) is 10.8 Å². The zero-order chi connectivity index (χ0) is 14.5. The maximum absolute atomic E-state index is 11.9. The maximum Gasteiger partial charge on any atom is 0.332 e. The van der Waals surface area contributed by atoms with Gasteiger partial charge in [0.25, 0.3) is 5.56 Å². The molecule has 2 rings (SSSR count). The van der Waals surface area contributed by atoms with Crippen molar-refractivity contribution in [3.8, 4) is 0 Å². The van der Waals surface area contributed by atoms with Gasteiger partial charge in [-0.15, -0.1) is 0 Å². The van der Waals surface area contributed by atoms with E-state index in [1.807, 2.05) is 18.2 Å². The Bertz CT molecular complexity index is 666. The summed E-state index contributed by atoms with van der Waals surface area (Å²) in [6.45, 7) is 2.34. The number of carbonyl (C=O) groups is 1. The number of fused-ring (bicyclic) bond motifs is 1. The number of hydrogen-bond donors (Lipinski definition) is 1. The minimum absolute atomic E-state index is 0.233. The third-order valence-electron chi connectivity index (χ3n) is 3.01. The maximum atomic E-state index is 11.9. The topological polar surface area (TPSA) is 81.4 Å². The lowest BCUT2D eigenvalue weighted by molar-refractivity contribution is -0.150. The molecular weight excluding hydrogens is 260 g/mol. The van der Waals surface area contributed by atoms with Crippen LogP contribution in [0, 0.1) is 0 Å². The molecule has 1 unspecified atom stereocenters. The van der Waals surface area contributed by atoms with E-state index in [9.17, 15) is 9.59 Å². The second kappa shape index (κ2) is 6.29. The van der Waals surface area contributed by atoms with Crippen LogP contribution in [0.25, 0.3) is 11.0 Å². The minimum Gasteiger partial charge on any atom is -0.479 e. The highest BCUT2D eigenvalue weighted by Crippen LogP contribution is 2.10. The van der Waals surface area contributed by atoms with E-state index < -0.39 is 12.1 Å². The molecular formula is C14H16N2O4. The van der Waals surface area contributed by atoms with Crippen molar-refractivity contribution in [2.45, 2.75) is 26.0 Å². The van der Waals surface area contributed by atoms with Gasteiger partial charge in [0, 0.05) is 19.6 Å². The van der Waals surface area contributed by atoms with E-state index in [2.05, 4.69) is 4.98 Å².